The fourth-order valence-electron chi connectivity index (χ4n) is 3.34. The minimum Gasteiger partial charge on any atom is -0.478 e. The zero-order chi connectivity index (χ0) is 15.0. The minimum absolute atomic E-state index is 0.0354. The fraction of sp³-hybridized carbons (Fsp3) is 0.500. The number of carbonyl (C=O) groups is 1. The van der Waals surface area contributed by atoms with Crippen molar-refractivity contribution in [3.05, 3.63) is 29.6 Å². The lowest BCUT2D eigenvalue weighted by molar-refractivity contribution is 0.0697. The first kappa shape index (κ1) is 14.1. The van der Waals surface area contributed by atoms with Crippen LogP contribution in [-0.2, 0) is 0 Å². The van der Waals surface area contributed by atoms with Gasteiger partial charge < -0.3 is 14.8 Å². The highest BCUT2D eigenvalue weighted by Gasteiger charge is 2.26. The number of fused-ring (bicyclic) bond motifs is 1. The van der Waals surface area contributed by atoms with Crippen LogP contribution in [0.2, 0.25) is 0 Å². The number of carboxylic acids is 1. The Bertz CT molecular complexity index is 677. The standard InChI is InChI=1S/C16H20N2O3/c1-10-17-12-9-11(16(20)21)7-8-13(12)18(10)14-5-3-2-4-6-15(14)19/h7-9,14-15,19H,2-6H2,1H3,(H,20,21). The number of rotatable bonds is 2. The highest BCUT2D eigenvalue weighted by Crippen LogP contribution is 2.32. The molecule has 21 heavy (non-hydrogen) atoms. The van der Waals surface area contributed by atoms with Crippen LogP contribution >= 0.6 is 0 Å². The number of aliphatic hydroxyl groups excluding tert-OH is 1. The van der Waals surface area contributed by atoms with E-state index < -0.39 is 5.97 Å². The Kier molecular flexibility index (Phi) is 3.68. The molecule has 0 saturated heterocycles. The predicted molar refractivity (Wildman–Crippen MR) is 79.6 cm³/mol. The molecule has 2 atom stereocenters. The van der Waals surface area contributed by atoms with Gasteiger partial charge in [0.1, 0.15) is 5.82 Å². The van der Waals surface area contributed by atoms with Gasteiger partial charge in [-0.15, -0.1) is 0 Å². The quantitative estimate of drug-likeness (QED) is 0.833. The van der Waals surface area contributed by atoms with Crippen molar-refractivity contribution in [2.75, 3.05) is 0 Å². The SMILES string of the molecule is Cc1nc2cc(C(=O)O)ccc2n1C1CCCCCC1O. The molecule has 112 valence electrons. The fourth-order valence-corrected chi connectivity index (χ4v) is 3.34. The molecule has 2 N–H and O–H groups in total. The monoisotopic (exact) mass is 288 g/mol. The summed E-state index contributed by atoms with van der Waals surface area (Å²) >= 11 is 0. The summed E-state index contributed by atoms with van der Waals surface area (Å²) in [6.07, 6.45) is 4.72. The lowest BCUT2D eigenvalue weighted by Crippen LogP contribution is -2.23. The van der Waals surface area contributed by atoms with E-state index in [0.717, 1.165) is 43.4 Å². The number of hydrogen-bond acceptors (Lipinski definition) is 3. The Hall–Kier alpha value is -1.88. The van der Waals surface area contributed by atoms with E-state index in [1.54, 1.807) is 18.2 Å². The van der Waals surface area contributed by atoms with Crippen LogP contribution in [0.15, 0.2) is 18.2 Å². The number of aromatic nitrogens is 2. The molecule has 3 rings (SSSR count). The maximum Gasteiger partial charge on any atom is 0.335 e. The topological polar surface area (TPSA) is 75.3 Å². The average Bonchev–Trinajstić information content (AvgIpc) is 2.62. The normalized spacial score (nSPS) is 23.1. The van der Waals surface area contributed by atoms with Gasteiger partial charge in [-0.05, 0) is 38.0 Å². The third-order valence-electron chi connectivity index (χ3n) is 4.39. The van der Waals surface area contributed by atoms with Gasteiger partial charge in [-0.1, -0.05) is 19.3 Å². The van der Waals surface area contributed by atoms with E-state index in [9.17, 15) is 9.90 Å². The maximum absolute atomic E-state index is 11.1. The van der Waals surface area contributed by atoms with Gasteiger partial charge in [0.15, 0.2) is 0 Å². The molecule has 1 aromatic heterocycles. The van der Waals surface area contributed by atoms with Crippen molar-refractivity contribution in [3.63, 3.8) is 0 Å². The second-order valence-corrected chi connectivity index (χ2v) is 5.81. The first-order valence-corrected chi connectivity index (χ1v) is 7.48. The summed E-state index contributed by atoms with van der Waals surface area (Å²) in [7, 11) is 0. The number of benzene rings is 1. The molecule has 2 unspecified atom stereocenters. The van der Waals surface area contributed by atoms with Crippen LogP contribution in [0.4, 0.5) is 0 Å². The molecule has 2 aromatic rings. The van der Waals surface area contributed by atoms with Gasteiger partial charge in [0.25, 0.3) is 0 Å². The number of aliphatic hydroxyl groups is 1. The molecule has 0 bridgehead atoms. The third kappa shape index (κ3) is 2.53. The van der Waals surface area contributed by atoms with E-state index >= 15 is 0 Å². The average molecular weight is 288 g/mol. The number of imidazole rings is 1. The van der Waals surface area contributed by atoms with Crippen molar-refractivity contribution in [3.8, 4) is 0 Å². The first-order valence-electron chi connectivity index (χ1n) is 7.48. The van der Waals surface area contributed by atoms with Crippen molar-refractivity contribution in [2.24, 2.45) is 0 Å². The summed E-state index contributed by atoms with van der Waals surface area (Å²) in [6, 6.07) is 5.04. The molecule has 5 heteroatoms. The van der Waals surface area contributed by atoms with Crippen LogP contribution < -0.4 is 0 Å². The number of nitrogens with zero attached hydrogens (tertiary/aromatic N) is 2. The summed E-state index contributed by atoms with van der Waals surface area (Å²) < 4.78 is 2.08. The predicted octanol–water partition coefficient (Wildman–Crippen LogP) is 2.91. The van der Waals surface area contributed by atoms with Crippen LogP contribution in [0.25, 0.3) is 11.0 Å². The molecule has 1 aliphatic carbocycles. The molecule has 1 aromatic carbocycles. The van der Waals surface area contributed by atoms with Crippen LogP contribution in [0.1, 0.15) is 54.3 Å². The summed E-state index contributed by atoms with van der Waals surface area (Å²) in [5.41, 5.74) is 1.83. The number of aromatic carboxylic acids is 1. The molecule has 0 amide bonds. The minimum atomic E-state index is -0.946. The summed E-state index contributed by atoms with van der Waals surface area (Å²) in [5, 5.41) is 19.5. The van der Waals surface area contributed by atoms with E-state index in [1.807, 2.05) is 6.92 Å². The smallest absolute Gasteiger partial charge is 0.335 e. The molecule has 1 heterocycles. The van der Waals surface area contributed by atoms with Gasteiger partial charge >= 0.3 is 5.97 Å². The molecular weight excluding hydrogens is 268 g/mol. The van der Waals surface area contributed by atoms with Gasteiger partial charge in [0, 0.05) is 0 Å². The molecule has 1 fully saturated rings. The van der Waals surface area contributed by atoms with Gasteiger partial charge in [-0.3, -0.25) is 0 Å². The van der Waals surface area contributed by atoms with Crippen LogP contribution in [0.3, 0.4) is 0 Å². The van der Waals surface area contributed by atoms with E-state index in [4.69, 9.17) is 5.11 Å². The van der Waals surface area contributed by atoms with Crippen molar-refractivity contribution in [1.82, 2.24) is 9.55 Å². The zero-order valence-corrected chi connectivity index (χ0v) is 12.1. The third-order valence-corrected chi connectivity index (χ3v) is 4.39. The van der Waals surface area contributed by atoms with E-state index in [2.05, 4.69) is 9.55 Å². The number of carboxylic acid groups (broad SMARTS) is 1. The van der Waals surface area contributed by atoms with Crippen LogP contribution in [0.5, 0.6) is 0 Å². The van der Waals surface area contributed by atoms with E-state index in [-0.39, 0.29) is 17.7 Å². The number of hydrogen-bond donors (Lipinski definition) is 2. The molecule has 0 aliphatic heterocycles. The maximum atomic E-state index is 11.1. The largest absolute Gasteiger partial charge is 0.478 e. The Morgan fingerprint density at radius 1 is 1.29 bits per heavy atom. The second-order valence-electron chi connectivity index (χ2n) is 5.81. The van der Waals surface area contributed by atoms with Gasteiger partial charge in [-0.25, -0.2) is 9.78 Å². The molecule has 0 spiro atoms. The van der Waals surface area contributed by atoms with Crippen LogP contribution in [-0.4, -0.2) is 31.8 Å². The first-order chi connectivity index (χ1) is 10.1. The Morgan fingerprint density at radius 2 is 2.05 bits per heavy atom. The van der Waals surface area contributed by atoms with E-state index in [1.165, 1.54) is 0 Å². The van der Waals surface area contributed by atoms with Crippen molar-refractivity contribution >= 4 is 17.0 Å². The Morgan fingerprint density at radius 3 is 2.81 bits per heavy atom. The highest BCUT2D eigenvalue weighted by molar-refractivity contribution is 5.92. The Balaban J connectivity index is 2.09. The molecule has 1 saturated carbocycles. The Labute approximate surface area is 123 Å². The summed E-state index contributed by atoms with van der Waals surface area (Å²) in [5.74, 6) is -0.114. The molecule has 0 radical (unpaired) electrons. The van der Waals surface area contributed by atoms with Crippen LogP contribution in [0, 0.1) is 6.92 Å². The van der Waals surface area contributed by atoms with Gasteiger partial charge in [-0.2, -0.15) is 0 Å². The van der Waals surface area contributed by atoms with Crippen molar-refractivity contribution in [1.29, 1.82) is 0 Å². The van der Waals surface area contributed by atoms with Gasteiger partial charge in [0.05, 0.1) is 28.7 Å². The van der Waals surface area contributed by atoms with Gasteiger partial charge in [0.2, 0.25) is 0 Å². The summed E-state index contributed by atoms with van der Waals surface area (Å²) in [4.78, 5) is 15.5. The van der Waals surface area contributed by atoms with E-state index in [0.29, 0.717) is 5.52 Å². The second kappa shape index (κ2) is 5.48. The molecular formula is C16H20N2O3. The lowest BCUT2D eigenvalue weighted by Gasteiger charge is -2.24. The lowest BCUT2D eigenvalue weighted by atomic mass is 10.1. The number of aryl methyl sites for hydroxylation is 1. The highest BCUT2D eigenvalue weighted by atomic mass is 16.4. The van der Waals surface area contributed by atoms with Crippen molar-refractivity contribution in [2.45, 2.75) is 51.2 Å². The molecule has 5 nitrogen and oxygen atoms in total. The zero-order valence-electron chi connectivity index (χ0n) is 12.1. The molecule has 1 aliphatic rings. The van der Waals surface area contributed by atoms with Crippen molar-refractivity contribution < 1.29 is 15.0 Å². The summed E-state index contributed by atoms with van der Waals surface area (Å²) in [6.45, 7) is 1.91.